The number of hydrogen-bond donors (Lipinski definition) is 1. The number of carbonyl (C=O) groups excluding carboxylic acids is 1. The van der Waals surface area contributed by atoms with Gasteiger partial charge in [-0.1, -0.05) is 0 Å². The molecule has 1 saturated heterocycles. The summed E-state index contributed by atoms with van der Waals surface area (Å²) in [5, 5.41) is 9.19. The average Bonchev–Trinajstić information content (AvgIpc) is 2.67. The first-order valence-electron chi connectivity index (χ1n) is 7.49. The van der Waals surface area contributed by atoms with E-state index >= 15 is 0 Å². The molecule has 7 heteroatoms. The largest absolute Gasteiger partial charge is 0.495 e. The summed E-state index contributed by atoms with van der Waals surface area (Å²) in [6, 6.07) is 4.20. The molecule has 0 saturated carbocycles. The normalized spacial score (nSPS) is 18.7. The molecule has 0 spiro atoms. The van der Waals surface area contributed by atoms with Crippen LogP contribution >= 0.6 is 0 Å². The second-order valence-electron chi connectivity index (χ2n) is 6.42. The number of esters is 1. The van der Waals surface area contributed by atoms with Gasteiger partial charge in [-0.15, -0.1) is 0 Å². The third kappa shape index (κ3) is 3.25. The fourth-order valence-corrected chi connectivity index (χ4v) is 2.26. The Morgan fingerprint density at radius 2 is 1.74 bits per heavy atom. The molecule has 1 aromatic carbocycles. The first-order chi connectivity index (χ1) is 10.6. The van der Waals surface area contributed by atoms with Crippen LogP contribution in [0, 0.1) is 0 Å². The molecule has 0 amide bonds. The van der Waals surface area contributed by atoms with Crippen LogP contribution in [0.5, 0.6) is 0 Å². The van der Waals surface area contributed by atoms with Crippen LogP contribution in [0.2, 0.25) is 0 Å². The van der Waals surface area contributed by atoms with Crippen molar-refractivity contribution in [2.75, 3.05) is 6.61 Å². The van der Waals surface area contributed by atoms with Crippen molar-refractivity contribution < 1.29 is 28.7 Å². The van der Waals surface area contributed by atoms with Crippen LogP contribution in [0.1, 0.15) is 55.3 Å². The number of carbonyl (C=O) groups is 2. The summed E-state index contributed by atoms with van der Waals surface area (Å²) in [5.41, 5.74) is -0.522. The van der Waals surface area contributed by atoms with Crippen molar-refractivity contribution >= 4 is 24.5 Å². The van der Waals surface area contributed by atoms with Crippen LogP contribution in [0.25, 0.3) is 0 Å². The first-order valence-corrected chi connectivity index (χ1v) is 7.49. The van der Waals surface area contributed by atoms with Crippen LogP contribution in [0.3, 0.4) is 0 Å². The molecule has 2 rings (SSSR count). The highest BCUT2D eigenvalue weighted by atomic mass is 16.7. The molecule has 1 N–H and O–H groups in total. The SMILES string of the molecule is CCOC(=O)c1ccc(C(=O)O)cc1B1OC(C)(C)C(C)(C)O1. The van der Waals surface area contributed by atoms with Crippen LogP contribution in [-0.4, -0.2) is 42.0 Å². The number of rotatable bonds is 4. The molecule has 0 unspecified atom stereocenters. The Balaban J connectivity index is 2.49. The molecule has 1 fully saturated rings. The molecular weight excluding hydrogens is 299 g/mol. The van der Waals surface area contributed by atoms with Gasteiger partial charge in [0.05, 0.1) is 28.9 Å². The van der Waals surface area contributed by atoms with Crippen LogP contribution in [0.15, 0.2) is 18.2 Å². The van der Waals surface area contributed by atoms with Gasteiger partial charge in [-0.05, 0) is 58.3 Å². The molecule has 6 nitrogen and oxygen atoms in total. The zero-order valence-corrected chi connectivity index (χ0v) is 14.0. The monoisotopic (exact) mass is 320 g/mol. The Morgan fingerprint density at radius 1 is 1.17 bits per heavy atom. The van der Waals surface area contributed by atoms with E-state index in [1.807, 2.05) is 27.7 Å². The van der Waals surface area contributed by atoms with Crippen molar-refractivity contribution in [3.8, 4) is 0 Å². The molecule has 1 heterocycles. The summed E-state index contributed by atoms with van der Waals surface area (Å²) in [4.78, 5) is 23.4. The molecule has 0 bridgehead atoms. The molecule has 23 heavy (non-hydrogen) atoms. The van der Waals surface area contributed by atoms with Gasteiger partial charge in [-0.3, -0.25) is 0 Å². The average molecular weight is 320 g/mol. The van der Waals surface area contributed by atoms with Crippen molar-refractivity contribution in [3.05, 3.63) is 29.3 Å². The van der Waals surface area contributed by atoms with Crippen molar-refractivity contribution in [2.24, 2.45) is 0 Å². The van der Waals surface area contributed by atoms with Gasteiger partial charge in [0.1, 0.15) is 0 Å². The minimum Gasteiger partial charge on any atom is -0.478 e. The van der Waals surface area contributed by atoms with E-state index in [4.69, 9.17) is 14.0 Å². The molecule has 0 atom stereocenters. The van der Waals surface area contributed by atoms with Gasteiger partial charge >= 0.3 is 19.1 Å². The topological polar surface area (TPSA) is 82.1 Å². The van der Waals surface area contributed by atoms with E-state index in [0.29, 0.717) is 5.46 Å². The van der Waals surface area contributed by atoms with E-state index in [9.17, 15) is 14.7 Å². The maximum absolute atomic E-state index is 12.1. The zero-order chi connectivity index (χ0) is 17.4. The molecule has 1 aromatic rings. The second kappa shape index (κ2) is 5.98. The lowest BCUT2D eigenvalue weighted by molar-refractivity contribution is 0.00578. The summed E-state index contributed by atoms with van der Waals surface area (Å²) in [7, 11) is -0.835. The standard InChI is InChI=1S/C16H21BO6/c1-6-21-14(20)11-8-7-10(13(18)19)9-12(11)17-22-15(2,3)16(4,5)23-17/h7-9H,6H2,1-5H3,(H,18,19). The first kappa shape index (κ1) is 17.5. The number of aromatic carboxylic acids is 1. The molecule has 1 aliphatic rings. The Hall–Kier alpha value is -1.86. The Labute approximate surface area is 135 Å². The molecule has 0 radical (unpaired) electrons. The van der Waals surface area contributed by atoms with Gasteiger partial charge in [-0.25, -0.2) is 9.59 Å². The maximum Gasteiger partial charge on any atom is 0.495 e. The Morgan fingerprint density at radius 3 is 2.22 bits per heavy atom. The highest BCUT2D eigenvalue weighted by Gasteiger charge is 2.52. The van der Waals surface area contributed by atoms with Crippen molar-refractivity contribution in [1.82, 2.24) is 0 Å². The van der Waals surface area contributed by atoms with Crippen molar-refractivity contribution in [3.63, 3.8) is 0 Å². The predicted octanol–water partition coefficient (Wildman–Crippen LogP) is 1.86. The number of carboxylic acids is 1. The highest BCUT2D eigenvalue weighted by molar-refractivity contribution is 6.63. The van der Waals surface area contributed by atoms with Crippen molar-refractivity contribution in [2.45, 2.75) is 45.8 Å². The van der Waals surface area contributed by atoms with E-state index in [2.05, 4.69) is 0 Å². The van der Waals surface area contributed by atoms with Crippen molar-refractivity contribution in [1.29, 1.82) is 0 Å². The van der Waals surface area contributed by atoms with E-state index in [0.717, 1.165) is 0 Å². The predicted molar refractivity (Wildman–Crippen MR) is 85.1 cm³/mol. The van der Waals surface area contributed by atoms with Crippen LogP contribution in [0.4, 0.5) is 0 Å². The third-order valence-corrected chi connectivity index (χ3v) is 4.30. The molecule has 0 aromatic heterocycles. The van der Waals surface area contributed by atoms with Gasteiger partial charge in [0.15, 0.2) is 0 Å². The minimum atomic E-state index is -1.09. The molecular formula is C16H21BO6. The number of ether oxygens (including phenoxy) is 1. The fourth-order valence-electron chi connectivity index (χ4n) is 2.26. The number of carboxylic acid groups (broad SMARTS) is 1. The number of benzene rings is 1. The second-order valence-corrected chi connectivity index (χ2v) is 6.42. The van der Waals surface area contributed by atoms with E-state index < -0.39 is 30.3 Å². The summed E-state index contributed by atoms with van der Waals surface area (Å²) in [6.45, 7) is 9.48. The minimum absolute atomic E-state index is 0.0581. The lowest BCUT2D eigenvalue weighted by atomic mass is 9.75. The Bertz CT molecular complexity index is 621. The maximum atomic E-state index is 12.1. The van der Waals surface area contributed by atoms with Gasteiger partial charge in [0.2, 0.25) is 0 Å². The fraction of sp³-hybridized carbons (Fsp3) is 0.500. The van der Waals surface area contributed by atoms with Gasteiger partial charge in [0.25, 0.3) is 0 Å². The van der Waals surface area contributed by atoms with Crippen LogP contribution in [-0.2, 0) is 14.0 Å². The van der Waals surface area contributed by atoms with E-state index in [1.165, 1.54) is 18.2 Å². The van der Waals surface area contributed by atoms with Crippen LogP contribution < -0.4 is 5.46 Å². The third-order valence-electron chi connectivity index (χ3n) is 4.30. The lowest BCUT2D eigenvalue weighted by Crippen LogP contribution is -2.41. The molecule has 0 aliphatic carbocycles. The quantitative estimate of drug-likeness (QED) is 0.673. The number of hydrogen-bond acceptors (Lipinski definition) is 5. The summed E-state index contributed by atoms with van der Waals surface area (Å²) < 4.78 is 16.9. The summed E-state index contributed by atoms with van der Waals surface area (Å²) in [5.74, 6) is -1.62. The summed E-state index contributed by atoms with van der Waals surface area (Å²) in [6.07, 6.45) is 0. The zero-order valence-electron chi connectivity index (χ0n) is 14.0. The van der Waals surface area contributed by atoms with Gasteiger partial charge in [-0.2, -0.15) is 0 Å². The molecule has 1 aliphatic heterocycles. The summed E-state index contributed by atoms with van der Waals surface area (Å²) >= 11 is 0. The lowest BCUT2D eigenvalue weighted by Gasteiger charge is -2.32. The Kier molecular flexibility index (Phi) is 4.55. The van der Waals surface area contributed by atoms with Gasteiger partial charge < -0.3 is 19.2 Å². The smallest absolute Gasteiger partial charge is 0.478 e. The molecule has 124 valence electrons. The van der Waals surface area contributed by atoms with E-state index in [1.54, 1.807) is 6.92 Å². The van der Waals surface area contributed by atoms with E-state index in [-0.39, 0.29) is 17.7 Å². The van der Waals surface area contributed by atoms with Gasteiger partial charge in [0, 0.05) is 0 Å². The highest BCUT2D eigenvalue weighted by Crippen LogP contribution is 2.36.